The number of ether oxygens (including phenoxy) is 2. The third-order valence-corrected chi connectivity index (χ3v) is 4.55. The summed E-state index contributed by atoms with van der Waals surface area (Å²) in [4.78, 5) is 0. The summed E-state index contributed by atoms with van der Waals surface area (Å²) in [5.41, 5.74) is 2.85. The Morgan fingerprint density at radius 2 is 2.00 bits per heavy atom. The smallest absolute Gasteiger partial charge is 0.134 e. The lowest BCUT2D eigenvalue weighted by Gasteiger charge is -2.24. The predicted molar refractivity (Wildman–Crippen MR) is 95.2 cm³/mol. The zero-order valence-electron chi connectivity index (χ0n) is 13.6. The zero-order valence-corrected chi connectivity index (χ0v) is 15.2. The molecule has 4 heteroatoms. The maximum atomic E-state index is 10.4. The molecule has 0 spiro atoms. The Hall–Kier alpha value is -1.52. The molecule has 122 valence electrons. The lowest BCUT2D eigenvalue weighted by Crippen LogP contribution is -2.12. The maximum Gasteiger partial charge on any atom is 0.134 e. The summed E-state index contributed by atoms with van der Waals surface area (Å²) in [6, 6.07) is 11.6. The standard InChI is InChI=1S/C19H21BrO3/c1-19(2,3)14-5-4-6-16(21)18(14)12-7-8-15(20)17(9-12)23-11-13-10-22-13/h4-9,13,21H,10-11H2,1-3H3. The van der Waals surface area contributed by atoms with Crippen molar-refractivity contribution in [1.82, 2.24) is 0 Å². The van der Waals surface area contributed by atoms with Gasteiger partial charge in [-0.05, 0) is 50.7 Å². The van der Waals surface area contributed by atoms with Crippen LogP contribution in [0.3, 0.4) is 0 Å². The average molecular weight is 377 g/mol. The van der Waals surface area contributed by atoms with Crippen LogP contribution < -0.4 is 4.74 Å². The van der Waals surface area contributed by atoms with Gasteiger partial charge in [0.25, 0.3) is 0 Å². The molecule has 0 saturated carbocycles. The molecule has 1 atom stereocenters. The number of aromatic hydroxyl groups is 1. The van der Waals surface area contributed by atoms with Gasteiger partial charge in [0.15, 0.2) is 0 Å². The van der Waals surface area contributed by atoms with Crippen LogP contribution >= 0.6 is 15.9 Å². The summed E-state index contributed by atoms with van der Waals surface area (Å²) in [6.45, 7) is 7.75. The second-order valence-corrected chi connectivity index (χ2v) is 7.72. The molecule has 0 aromatic heterocycles. The Bertz CT molecular complexity index is 715. The van der Waals surface area contributed by atoms with Crippen molar-refractivity contribution >= 4 is 15.9 Å². The molecule has 3 nitrogen and oxygen atoms in total. The molecule has 3 rings (SSSR count). The third-order valence-electron chi connectivity index (χ3n) is 3.90. The largest absolute Gasteiger partial charge is 0.507 e. The molecule has 1 fully saturated rings. The fourth-order valence-electron chi connectivity index (χ4n) is 2.58. The molecular weight excluding hydrogens is 356 g/mol. The minimum Gasteiger partial charge on any atom is -0.507 e. The zero-order chi connectivity index (χ0) is 16.6. The van der Waals surface area contributed by atoms with E-state index in [9.17, 15) is 5.11 Å². The van der Waals surface area contributed by atoms with Gasteiger partial charge in [0.2, 0.25) is 0 Å². The summed E-state index contributed by atoms with van der Waals surface area (Å²) < 4.78 is 11.9. The van der Waals surface area contributed by atoms with Crippen LogP contribution in [-0.4, -0.2) is 24.4 Å². The highest BCUT2D eigenvalue weighted by molar-refractivity contribution is 9.10. The number of phenols is 1. The molecule has 2 aromatic carbocycles. The van der Waals surface area contributed by atoms with E-state index in [2.05, 4.69) is 42.8 Å². The first-order valence-electron chi connectivity index (χ1n) is 7.73. The molecule has 1 aliphatic heterocycles. The molecule has 1 aliphatic rings. The molecule has 0 amide bonds. The molecule has 0 bridgehead atoms. The number of epoxide rings is 1. The quantitative estimate of drug-likeness (QED) is 0.771. The number of benzene rings is 2. The van der Waals surface area contributed by atoms with Crippen LogP contribution in [0.15, 0.2) is 40.9 Å². The van der Waals surface area contributed by atoms with Crippen molar-refractivity contribution in [3.63, 3.8) is 0 Å². The Morgan fingerprint density at radius 1 is 1.26 bits per heavy atom. The lowest BCUT2D eigenvalue weighted by molar-refractivity contribution is 0.262. The molecule has 1 saturated heterocycles. The van der Waals surface area contributed by atoms with E-state index in [1.807, 2.05) is 24.3 Å². The average Bonchev–Trinajstić information content (AvgIpc) is 3.30. The Kier molecular flexibility index (Phi) is 4.39. The first kappa shape index (κ1) is 16.3. The predicted octanol–water partition coefficient (Wildman–Crippen LogP) is 4.90. The Balaban J connectivity index is 2.02. The first-order chi connectivity index (χ1) is 10.9. The van der Waals surface area contributed by atoms with Crippen molar-refractivity contribution in [3.05, 3.63) is 46.4 Å². The Labute approximate surface area is 145 Å². The summed E-state index contributed by atoms with van der Waals surface area (Å²) in [5.74, 6) is 1.05. The van der Waals surface area contributed by atoms with Crippen molar-refractivity contribution in [2.45, 2.75) is 32.3 Å². The van der Waals surface area contributed by atoms with E-state index in [-0.39, 0.29) is 17.3 Å². The topological polar surface area (TPSA) is 42.0 Å². The number of hydrogen-bond acceptors (Lipinski definition) is 3. The van der Waals surface area contributed by atoms with E-state index < -0.39 is 0 Å². The van der Waals surface area contributed by atoms with Gasteiger partial charge in [-0.2, -0.15) is 0 Å². The van der Waals surface area contributed by atoms with Gasteiger partial charge in [0.05, 0.1) is 11.1 Å². The van der Waals surface area contributed by atoms with Crippen molar-refractivity contribution < 1.29 is 14.6 Å². The number of phenolic OH excluding ortho intramolecular Hbond substituents is 1. The van der Waals surface area contributed by atoms with Crippen LogP contribution in [-0.2, 0) is 10.2 Å². The van der Waals surface area contributed by atoms with Crippen LogP contribution in [0.25, 0.3) is 11.1 Å². The summed E-state index contributed by atoms with van der Waals surface area (Å²) in [7, 11) is 0. The fraction of sp³-hybridized carbons (Fsp3) is 0.368. The van der Waals surface area contributed by atoms with Crippen molar-refractivity contribution in [2.24, 2.45) is 0 Å². The van der Waals surface area contributed by atoms with Crippen LogP contribution in [0.1, 0.15) is 26.3 Å². The van der Waals surface area contributed by atoms with Crippen LogP contribution in [0.2, 0.25) is 0 Å². The highest BCUT2D eigenvalue weighted by Crippen LogP contribution is 2.41. The number of hydrogen-bond donors (Lipinski definition) is 1. The van der Waals surface area contributed by atoms with Gasteiger partial charge in [-0.15, -0.1) is 0 Å². The second kappa shape index (κ2) is 6.17. The number of rotatable bonds is 4. The van der Waals surface area contributed by atoms with Gasteiger partial charge in [0, 0.05) is 5.56 Å². The van der Waals surface area contributed by atoms with Crippen molar-refractivity contribution in [1.29, 1.82) is 0 Å². The van der Waals surface area contributed by atoms with E-state index in [0.29, 0.717) is 6.61 Å². The lowest BCUT2D eigenvalue weighted by atomic mass is 9.81. The molecule has 2 aromatic rings. The van der Waals surface area contributed by atoms with Crippen LogP contribution in [0.4, 0.5) is 0 Å². The minimum absolute atomic E-state index is 0.0655. The van der Waals surface area contributed by atoms with Crippen LogP contribution in [0.5, 0.6) is 11.5 Å². The Morgan fingerprint density at radius 3 is 2.65 bits per heavy atom. The van der Waals surface area contributed by atoms with Crippen molar-refractivity contribution in [2.75, 3.05) is 13.2 Å². The van der Waals surface area contributed by atoms with E-state index >= 15 is 0 Å². The summed E-state index contributed by atoms with van der Waals surface area (Å²) in [6.07, 6.45) is 0.209. The van der Waals surface area contributed by atoms with Gasteiger partial charge in [0.1, 0.15) is 24.2 Å². The SMILES string of the molecule is CC(C)(C)c1cccc(O)c1-c1ccc(Br)c(OCC2CO2)c1. The molecule has 0 aliphatic carbocycles. The molecule has 1 N–H and O–H groups in total. The fourth-order valence-corrected chi connectivity index (χ4v) is 2.95. The second-order valence-electron chi connectivity index (χ2n) is 6.86. The minimum atomic E-state index is -0.0655. The van der Waals surface area contributed by atoms with Crippen LogP contribution in [0, 0.1) is 0 Å². The first-order valence-corrected chi connectivity index (χ1v) is 8.52. The molecule has 23 heavy (non-hydrogen) atoms. The normalized spacial score (nSPS) is 17.1. The van der Waals surface area contributed by atoms with Gasteiger partial charge < -0.3 is 14.6 Å². The van der Waals surface area contributed by atoms with Gasteiger partial charge in [-0.25, -0.2) is 0 Å². The van der Waals surface area contributed by atoms with Crippen molar-refractivity contribution in [3.8, 4) is 22.6 Å². The highest BCUT2D eigenvalue weighted by atomic mass is 79.9. The third kappa shape index (κ3) is 3.70. The molecule has 1 heterocycles. The maximum absolute atomic E-state index is 10.4. The van der Waals surface area contributed by atoms with E-state index in [1.165, 1.54) is 0 Å². The van der Waals surface area contributed by atoms with E-state index in [0.717, 1.165) is 33.5 Å². The summed E-state index contributed by atoms with van der Waals surface area (Å²) in [5, 5.41) is 10.4. The van der Waals surface area contributed by atoms with Gasteiger partial charge in [-0.1, -0.05) is 39.0 Å². The molecule has 0 radical (unpaired) electrons. The summed E-state index contributed by atoms with van der Waals surface area (Å²) >= 11 is 3.52. The van der Waals surface area contributed by atoms with Gasteiger partial charge in [-0.3, -0.25) is 0 Å². The molecular formula is C19H21BrO3. The monoisotopic (exact) mass is 376 g/mol. The number of halogens is 1. The highest BCUT2D eigenvalue weighted by Gasteiger charge is 2.24. The van der Waals surface area contributed by atoms with Gasteiger partial charge >= 0.3 is 0 Å². The molecule has 1 unspecified atom stereocenters. The van der Waals surface area contributed by atoms with E-state index in [1.54, 1.807) is 6.07 Å². The van der Waals surface area contributed by atoms with E-state index in [4.69, 9.17) is 9.47 Å².